The van der Waals surface area contributed by atoms with Gasteiger partial charge in [-0.3, -0.25) is 4.79 Å². The molecule has 1 unspecified atom stereocenters. The molecule has 2 N–H and O–H groups in total. The second kappa shape index (κ2) is 6.06. The fraction of sp³-hybridized carbons (Fsp3) is 0.364. The Bertz CT molecular complexity index is 423. The van der Waals surface area contributed by atoms with E-state index in [9.17, 15) is 23.1 Å². The SMILES string of the molecule is O=C(NC(O)CCCl)c1ccccc1C(F)(F)F. The number of halogens is 4. The molecule has 18 heavy (non-hydrogen) atoms. The van der Waals surface area contributed by atoms with E-state index in [0.717, 1.165) is 12.1 Å². The highest BCUT2D eigenvalue weighted by Crippen LogP contribution is 2.31. The highest BCUT2D eigenvalue weighted by molar-refractivity contribution is 6.17. The van der Waals surface area contributed by atoms with Gasteiger partial charge in [0, 0.05) is 12.3 Å². The predicted octanol–water partition coefficient (Wildman–Crippen LogP) is 2.38. The molecular weight excluding hydrogens is 271 g/mol. The van der Waals surface area contributed by atoms with E-state index in [-0.39, 0.29) is 12.3 Å². The summed E-state index contributed by atoms with van der Waals surface area (Å²) in [5.41, 5.74) is -1.57. The van der Waals surface area contributed by atoms with E-state index in [1.807, 2.05) is 5.32 Å². The van der Waals surface area contributed by atoms with Crippen molar-refractivity contribution >= 4 is 17.5 Å². The molecule has 0 aliphatic rings. The lowest BCUT2D eigenvalue weighted by molar-refractivity contribution is -0.138. The van der Waals surface area contributed by atoms with Crippen molar-refractivity contribution in [2.45, 2.75) is 18.8 Å². The van der Waals surface area contributed by atoms with Crippen LogP contribution in [0.5, 0.6) is 0 Å². The number of carbonyl (C=O) groups is 1. The van der Waals surface area contributed by atoms with Gasteiger partial charge in [0.15, 0.2) is 0 Å². The predicted molar refractivity (Wildman–Crippen MR) is 60.3 cm³/mol. The minimum absolute atomic E-state index is 0.0570. The summed E-state index contributed by atoms with van der Waals surface area (Å²) < 4.78 is 37.9. The van der Waals surface area contributed by atoms with Crippen molar-refractivity contribution in [1.29, 1.82) is 0 Å². The van der Waals surface area contributed by atoms with Gasteiger partial charge in [0.25, 0.3) is 5.91 Å². The largest absolute Gasteiger partial charge is 0.417 e. The van der Waals surface area contributed by atoms with E-state index < -0.39 is 29.4 Å². The topological polar surface area (TPSA) is 49.3 Å². The molecule has 1 aromatic carbocycles. The molecule has 100 valence electrons. The van der Waals surface area contributed by atoms with Crippen LogP contribution in [-0.4, -0.2) is 23.1 Å². The monoisotopic (exact) mass is 281 g/mol. The highest BCUT2D eigenvalue weighted by Gasteiger charge is 2.34. The first-order valence-corrected chi connectivity index (χ1v) is 5.61. The van der Waals surface area contributed by atoms with E-state index in [2.05, 4.69) is 0 Å². The van der Waals surface area contributed by atoms with Gasteiger partial charge in [0.2, 0.25) is 0 Å². The smallest absolute Gasteiger partial charge is 0.374 e. The molecule has 0 aliphatic carbocycles. The molecular formula is C11H11ClF3NO2. The number of hydrogen-bond donors (Lipinski definition) is 2. The van der Waals surface area contributed by atoms with Gasteiger partial charge in [-0.25, -0.2) is 0 Å². The second-order valence-electron chi connectivity index (χ2n) is 3.51. The van der Waals surface area contributed by atoms with E-state index in [0.29, 0.717) is 0 Å². The lowest BCUT2D eigenvalue weighted by Crippen LogP contribution is -2.36. The number of hydrogen-bond acceptors (Lipinski definition) is 2. The average molecular weight is 282 g/mol. The molecule has 3 nitrogen and oxygen atoms in total. The Hall–Kier alpha value is -1.27. The summed E-state index contributed by atoms with van der Waals surface area (Å²) in [7, 11) is 0. The minimum atomic E-state index is -4.62. The fourth-order valence-electron chi connectivity index (χ4n) is 1.33. The number of alkyl halides is 4. The lowest BCUT2D eigenvalue weighted by Gasteiger charge is -2.15. The van der Waals surface area contributed by atoms with Crippen LogP contribution in [0.2, 0.25) is 0 Å². The van der Waals surface area contributed by atoms with Crippen LogP contribution in [-0.2, 0) is 6.18 Å². The Labute approximate surface area is 107 Å². The van der Waals surface area contributed by atoms with Gasteiger partial charge in [-0.2, -0.15) is 13.2 Å². The summed E-state index contributed by atoms with van der Waals surface area (Å²) >= 11 is 5.34. The molecule has 1 rings (SSSR count). The Kier molecular flexibility index (Phi) is 4.98. The molecule has 0 aliphatic heterocycles. The van der Waals surface area contributed by atoms with Gasteiger partial charge in [-0.05, 0) is 12.1 Å². The third-order valence-electron chi connectivity index (χ3n) is 2.16. The van der Waals surface area contributed by atoms with Gasteiger partial charge in [0.1, 0.15) is 6.23 Å². The molecule has 0 bridgehead atoms. The lowest BCUT2D eigenvalue weighted by atomic mass is 10.1. The van der Waals surface area contributed by atoms with Crippen LogP contribution >= 0.6 is 11.6 Å². The molecule has 0 saturated heterocycles. The van der Waals surface area contributed by atoms with Crippen LogP contribution in [0.15, 0.2) is 24.3 Å². The summed E-state index contributed by atoms with van der Waals surface area (Å²) in [6.07, 6.45) is -5.83. The van der Waals surface area contributed by atoms with Gasteiger partial charge >= 0.3 is 6.18 Å². The first-order chi connectivity index (χ1) is 8.36. The third-order valence-corrected chi connectivity index (χ3v) is 2.38. The van der Waals surface area contributed by atoms with Gasteiger partial charge in [-0.15, -0.1) is 11.6 Å². The summed E-state index contributed by atoms with van der Waals surface area (Å²) in [5, 5.41) is 11.3. The van der Waals surface area contributed by atoms with E-state index in [1.54, 1.807) is 0 Å². The van der Waals surface area contributed by atoms with Crippen molar-refractivity contribution in [3.8, 4) is 0 Å². The Morgan fingerprint density at radius 1 is 1.39 bits per heavy atom. The van der Waals surface area contributed by atoms with Gasteiger partial charge < -0.3 is 10.4 Å². The zero-order chi connectivity index (χ0) is 13.8. The van der Waals surface area contributed by atoms with Crippen molar-refractivity contribution in [3.63, 3.8) is 0 Å². The van der Waals surface area contributed by atoms with E-state index in [1.165, 1.54) is 12.1 Å². The number of nitrogens with one attached hydrogen (secondary N) is 1. The van der Waals surface area contributed by atoms with Crippen LogP contribution in [0.1, 0.15) is 22.3 Å². The fourth-order valence-corrected chi connectivity index (χ4v) is 1.54. The minimum Gasteiger partial charge on any atom is -0.374 e. The molecule has 0 radical (unpaired) electrons. The molecule has 0 heterocycles. The molecule has 0 fully saturated rings. The average Bonchev–Trinajstić information content (AvgIpc) is 2.28. The standard InChI is InChI=1S/C11H11ClF3NO2/c12-6-5-9(17)16-10(18)7-3-1-2-4-8(7)11(13,14)15/h1-4,9,17H,5-6H2,(H,16,18). The van der Waals surface area contributed by atoms with Crippen LogP contribution in [0, 0.1) is 0 Å². The maximum absolute atomic E-state index is 12.6. The number of carbonyl (C=O) groups excluding carboxylic acids is 1. The molecule has 7 heteroatoms. The Balaban J connectivity index is 2.93. The molecule has 0 spiro atoms. The van der Waals surface area contributed by atoms with E-state index in [4.69, 9.17) is 11.6 Å². The maximum Gasteiger partial charge on any atom is 0.417 e. The summed E-state index contributed by atoms with van der Waals surface area (Å²) in [4.78, 5) is 11.6. The van der Waals surface area contributed by atoms with E-state index >= 15 is 0 Å². The van der Waals surface area contributed by atoms with Crippen LogP contribution in [0.25, 0.3) is 0 Å². The van der Waals surface area contributed by atoms with Gasteiger partial charge in [0.05, 0.1) is 11.1 Å². The molecule has 1 aromatic rings. The zero-order valence-corrected chi connectivity index (χ0v) is 9.92. The molecule has 0 saturated carbocycles. The number of aliphatic hydroxyl groups is 1. The first kappa shape index (κ1) is 14.8. The van der Waals surface area contributed by atoms with Crippen molar-refractivity contribution in [2.75, 3.05) is 5.88 Å². The van der Waals surface area contributed by atoms with Crippen LogP contribution < -0.4 is 5.32 Å². The number of rotatable bonds is 4. The summed E-state index contributed by atoms with van der Waals surface area (Å²) in [6.45, 7) is 0. The maximum atomic E-state index is 12.6. The normalized spacial score (nSPS) is 13.2. The molecule has 1 amide bonds. The molecule has 1 atom stereocenters. The van der Waals surface area contributed by atoms with Crippen LogP contribution in [0.4, 0.5) is 13.2 Å². The number of benzene rings is 1. The molecule has 0 aromatic heterocycles. The Morgan fingerprint density at radius 3 is 2.56 bits per heavy atom. The number of amides is 1. The zero-order valence-electron chi connectivity index (χ0n) is 9.17. The van der Waals surface area contributed by atoms with Crippen molar-refractivity contribution in [3.05, 3.63) is 35.4 Å². The highest BCUT2D eigenvalue weighted by atomic mass is 35.5. The quantitative estimate of drug-likeness (QED) is 0.658. The van der Waals surface area contributed by atoms with Crippen molar-refractivity contribution < 1.29 is 23.1 Å². The summed E-state index contributed by atoms with van der Waals surface area (Å²) in [5.74, 6) is -0.900. The van der Waals surface area contributed by atoms with Crippen LogP contribution in [0.3, 0.4) is 0 Å². The van der Waals surface area contributed by atoms with Crippen molar-refractivity contribution in [1.82, 2.24) is 5.32 Å². The first-order valence-electron chi connectivity index (χ1n) is 5.07. The summed E-state index contributed by atoms with van der Waals surface area (Å²) in [6, 6.07) is 4.36. The third kappa shape index (κ3) is 3.89. The van der Waals surface area contributed by atoms with Crippen molar-refractivity contribution in [2.24, 2.45) is 0 Å². The second-order valence-corrected chi connectivity index (χ2v) is 3.89. The Morgan fingerprint density at radius 2 is 2.00 bits per heavy atom. The number of aliphatic hydroxyl groups excluding tert-OH is 1. The van der Waals surface area contributed by atoms with Gasteiger partial charge in [-0.1, -0.05) is 12.1 Å².